The van der Waals surface area contributed by atoms with Crippen molar-refractivity contribution in [2.45, 2.75) is 19.6 Å². The average molecular weight is 303 g/mol. The van der Waals surface area contributed by atoms with Crippen molar-refractivity contribution in [2.24, 2.45) is 9.98 Å². The summed E-state index contributed by atoms with van der Waals surface area (Å²) in [5.74, 6) is 3.22. The number of rotatable bonds is 2. The van der Waals surface area contributed by atoms with Crippen LogP contribution in [0.25, 0.3) is 0 Å². The van der Waals surface area contributed by atoms with Gasteiger partial charge in [-0.25, -0.2) is 9.98 Å². The SMILES string of the molecule is CC1N=C(N(C)C)NC(N(C)Cc2ccc3c(c2)OCO3)=N1. The fourth-order valence-corrected chi connectivity index (χ4v) is 2.36. The van der Waals surface area contributed by atoms with Crippen LogP contribution >= 0.6 is 0 Å². The molecule has 1 atom stereocenters. The third-order valence-corrected chi connectivity index (χ3v) is 3.48. The Kier molecular flexibility index (Phi) is 3.79. The zero-order valence-electron chi connectivity index (χ0n) is 13.3. The lowest BCUT2D eigenvalue weighted by molar-refractivity contribution is 0.174. The Balaban J connectivity index is 1.70. The van der Waals surface area contributed by atoms with Gasteiger partial charge in [-0.3, -0.25) is 5.32 Å². The van der Waals surface area contributed by atoms with Gasteiger partial charge in [0.25, 0.3) is 0 Å². The maximum absolute atomic E-state index is 5.42. The third-order valence-electron chi connectivity index (χ3n) is 3.48. The molecule has 0 aliphatic carbocycles. The zero-order chi connectivity index (χ0) is 15.7. The molecule has 0 amide bonds. The first-order valence-corrected chi connectivity index (χ1v) is 7.22. The van der Waals surface area contributed by atoms with Crippen LogP contribution in [0.15, 0.2) is 28.2 Å². The number of hydrogen-bond donors (Lipinski definition) is 1. The Labute approximate surface area is 130 Å². The highest BCUT2D eigenvalue weighted by atomic mass is 16.7. The first kappa shape index (κ1) is 14.5. The number of nitrogens with zero attached hydrogens (tertiary/aromatic N) is 4. The number of ether oxygens (including phenoxy) is 2. The van der Waals surface area contributed by atoms with E-state index < -0.39 is 0 Å². The van der Waals surface area contributed by atoms with Gasteiger partial charge in [0.15, 0.2) is 11.5 Å². The van der Waals surface area contributed by atoms with Crippen LogP contribution in [-0.2, 0) is 6.54 Å². The van der Waals surface area contributed by atoms with Crippen molar-refractivity contribution in [3.8, 4) is 11.5 Å². The summed E-state index contributed by atoms with van der Waals surface area (Å²) in [6.07, 6.45) is -0.0900. The molecule has 2 aliphatic rings. The summed E-state index contributed by atoms with van der Waals surface area (Å²) in [7, 11) is 5.92. The van der Waals surface area contributed by atoms with E-state index in [0.717, 1.165) is 35.5 Å². The smallest absolute Gasteiger partial charge is 0.231 e. The van der Waals surface area contributed by atoms with Crippen LogP contribution in [0, 0.1) is 0 Å². The Hall–Kier alpha value is -2.44. The number of guanidine groups is 2. The van der Waals surface area contributed by atoms with Gasteiger partial charge in [-0.15, -0.1) is 0 Å². The molecule has 1 aromatic rings. The molecule has 7 nitrogen and oxygen atoms in total. The van der Waals surface area contributed by atoms with Crippen LogP contribution in [0.2, 0.25) is 0 Å². The summed E-state index contributed by atoms with van der Waals surface area (Å²) in [6, 6.07) is 5.99. The van der Waals surface area contributed by atoms with Crippen molar-refractivity contribution in [3.63, 3.8) is 0 Å². The van der Waals surface area contributed by atoms with Crippen LogP contribution in [0.4, 0.5) is 0 Å². The predicted octanol–water partition coefficient (Wildman–Crippen LogP) is 1.07. The van der Waals surface area contributed by atoms with Crippen molar-refractivity contribution in [1.29, 1.82) is 0 Å². The molecule has 118 valence electrons. The first-order chi connectivity index (χ1) is 10.5. The normalized spacial score (nSPS) is 19.2. The van der Waals surface area contributed by atoms with Crippen molar-refractivity contribution >= 4 is 11.9 Å². The van der Waals surface area contributed by atoms with Gasteiger partial charge in [-0.1, -0.05) is 6.07 Å². The minimum absolute atomic E-state index is 0.0900. The topological polar surface area (TPSA) is 61.7 Å². The quantitative estimate of drug-likeness (QED) is 0.885. The van der Waals surface area contributed by atoms with Crippen LogP contribution in [0.1, 0.15) is 12.5 Å². The fourth-order valence-electron chi connectivity index (χ4n) is 2.36. The van der Waals surface area contributed by atoms with Crippen molar-refractivity contribution in [1.82, 2.24) is 15.1 Å². The molecule has 1 N–H and O–H groups in total. The van der Waals surface area contributed by atoms with E-state index in [9.17, 15) is 0 Å². The molecule has 0 fully saturated rings. The molecule has 3 rings (SSSR count). The summed E-state index contributed by atoms with van der Waals surface area (Å²) >= 11 is 0. The van der Waals surface area contributed by atoms with Gasteiger partial charge in [0.1, 0.15) is 6.17 Å². The molecular formula is C15H21N5O2. The van der Waals surface area contributed by atoms with Crippen molar-refractivity contribution < 1.29 is 9.47 Å². The van der Waals surface area contributed by atoms with Gasteiger partial charge in [0, 0.05) is 27.7 Å². The number of hydrogen-bond acceptors (Lipinski definition) is 7. The molecule has 22 heavy (non-hydrogen) atoms. The lowest BCUT2D eigenvalue weighted by atomic mass is 10.2. The monoisotopic (exact) mass is 303 g/mol. The number of fused-ring (bicyclic) bond motifs is 1. The van der Waals surface area contributed by atoms with E-state index in [0.29, 0.717) is 6.79 Å². The highest BCUT2D eigenvalue weighted by Gasteiger charge is 2.19. The molecule has 0 aromatic heterocycles. The van der Waals surface area contributed by atoms with E-state index in [4.69, 9.17) is 9.47 Å². The molecule has 2 aliphatic heterocycles. The standard InChI is InChI=1S/C15H21N5O2/c1-10-16-14(19(2)3)18-15(17-10)20(4)8-11-5-6-12-13(7-11)22-9-21-12/h5-7,10H,8-9H2,1-4H3,(H,16,17,18). The van der Waals surface area contributed by atoms with Crippen LogP contribution in [0.5, 0.6) is 11.5 Å². The van der Waals surface area contributed by atoms with Gasteiger partial charge in [0.05, 0.1) is 0 Å². The molecule has 1 unspecified atom stereocenters. The second-order valence-electron chi connectivity index (χ2n) is 5.60. The summed E-state index contributed by atoms with van der Waals surface area (Å²) in [6.45, 7) is 2.98. The van der Waals surface area contributed by atoms with Gasteiger partial charge in [0.2, 0.25) is 18.7 Å². The maximum atomic E-state index is 5.42. The van der Waals surface area contributed by atoms with E-state index >= 15 is 0 Å². The van der Waals surface area contributed by atoms with E-state index in [2.05, 4.69) is 20.2 Å². The lowest BCUT2D eigenvalue weighted by Gasteiger charge is -2.29. The molecule has 0 saturated carbocycles. The van der Waals surface area contributed by atoms with E-state index in [-0.39, 0.29) is 6.17 Å². The van der Waals surface area contributed by atoms with E-state index in [1.165, 1.54) is 0 Å². The number of nitrogens with one attached hydrogen (secondary N) is 1. The predicted molar refractivity (Wildman–Crippen MR) is 85.2 cm³/mol. The molecule has 2 heterocycles. The average Bonchev–Trinajstić information content (AvgIpc) is 2.94. The zero-order valence-corrected chi connectivity index (χ0v) is 13.3. The molecule has 0 spiro atoms. The Morgan fingerprint density at radius 1 is 1.14 bits per heavy atom. The molecule has 0 radical (unpaired) electrons. The molecule has 0 saturated heterocycles. The highest BCUT2D eigenvalue weighted by Crippen LogP contribution is 2.32. The van der Waals surface area contributed by atoms with Crippen LogP contribution < -0.4 is 14.8 Å². The molecule has 1 aromatic carbocycles. The Morgan fingerprint density at radius 3 is 2.64 bits per heavy atom. The second-order valence-corrected chi connectivity index (χ2v) is 5.60. The van der Waals surface area contributed by atoms with E-state index in [1.54, 1.807) is 0 Å². The number of benzene rings is 1. The maximum Gasteiger partial charge on any atom is 0.231 e. The van der Waals surface area contributed by atoms with E-state index in [1.807, 2.05) is 51.2 Å². The highest BCUT2D eigenvalue weighted by molar-refractivity contribution is 5.99. The van der Waals surface area contributed by atoms with Gasteiger partial charge < -0.3 is 19.3 Å². The largest absolute Gasteiger partial charge is 0.454 e. The molecule has 7 heteroatoms. The number of aliphatic imine (C=N–C) groups is 2. The van der Waals surface area contributed by atoms with Crippen LogP contribution in [-0.4, -0.2) is 55.8 Å². The third kappa shape index (κ3) is 2.93. The van der Waals surface area contributed by atoms with Gasteiger partial charge >= 0.3 is 0 Å². The molecular weight excluding hydrogens is 282 g/mol. The molecule has 0 bridgehead atoms. The fraction of sp³-hybridized carbons (Fsp3) is 0.467. The summed E-state index contributed by atoms with van der Waals surface area (Å²) in [5.41, 5.74) is 1.14. The van der Waals surface area contributed by atoms with Gasteiger partial charge in [-0.2, -0.15) is 0 Å². The van der Waals surface area contributed by atoms with Gasteiger partial charge in [-0.05, 0) is 24.6 Å². The Morgan fingerprint density at radius 2 is 1.86 bits per heavy atom. The minimum Gasteiger partial charge on any atom is -0.454 e. The minimum atomic E-state index is -0.0900. The van der Waals surface area contributed by atoms with Crippen LogP contribution in [0.3, 0.4) is 0 Å². The second kappa shape index (κ2) is 5.75. The Bertz CT molecular complexity index is 626. The summed E-state index contributed by atoms with van der Waals surface area (Å²) in [4.78, 5) is 13.0. The van der Waals surface area contributed by atoms with Crippen molar-refractivity contribution in [2.75, 3.05) is 27.9 Å². The van der Waals surface area contributed by atoms with Crippen molar-refractivity contribution in [3.05, 3.63) is 23.8 Å². The summed E-state index contributed by atoms with van der Waals surface area (Å²) in [5, 5.41) is 3.25. The summed E-state index contributed by atoms with van der Waals surface area (Å²) < 4.78 is 10.8. The first-order valence-electron chi connectivity index (χ1n) is 7.22. The lowest BCUT2D eigenvalue weighted by Crippen LogP contribution is -2.49.